The van der Waals surface area contributed by atoms with Gasteiger partial charge in [0.15, 0.2) is 6.10 Å². The van der Waals surface area contributed by atoms with Crippen molar-refractivity contribution in [1.82, 2.24) is 10.3 Å². The largest absolute Gasteiger partial charge is 0.481 e. The molecule has 0 aliphatic rings. The van der Waals surface area contributed by atoms with Crippen LogP contribution in [0, 0.1) is 5.92 Å². The van der Waals surface area contributed by atoms with Crippen LogP contribution in [0.25, 0.3) is 0 Å². The van der Waals surface area contributed by atoms with Gasteiger partial charge in [-0.25, -0.2) is 0 Å². The first-order valence-electron chi connectivity index (χ1n) is 8.77. The maximum absolute atomic E-state index is 13.4. The van der Waals surface area contributed by atoms with E-state index in [4.69, 9.17) is 4.74 Å². The third-order valence-corrected chi connectivity index (χ3v) is 4.14. The summed E-state index contributed by atoms with van der Waals surface area (Å²) >= 11 is 0. The molecule has 2 rings (SSSR count). The van der Waals surface area contributed by atoms with Crippen LogP contribution in [0.2, 0.25) is 0 Å². The number of ether oxygens (including phenoxy) is 1. The molecule has 1 heterocycles. The second kappa shape index (κ2) is 8.88. The molecule has 7 heteroatoms. The van der Waals surface area contributed by atoms with Gasteiger partial charge in [0.05, 0.1) is 11.6 Å². The van der Waals surface area contributed by atoms with Gasteiger partial charge in [-0.15, -0.1) is 0 Å². The van der Waals surface area contributed by atoms with Crippen molar-refractivity contribution in [2.24, 2.45) is 5.92 Å². The van der Waals surface area contributed by atoms with E-state index < -0.39 is 29.8 Å². The normalized spacial score (nSPS) is 13.9. The average molecular weight is 380 g/mol. The lowest BCUT2D eigenvalue weighted by Gasteiger charge is -2.27. The summed E-state index contributed by atoms with van der Waals surface area (Å²) in [6, 6.07) is 8.91. The van der Waals surface area contributed by atoms with Crippen molar-refractivity contribution >= 4 is 5.91 Å². The summed E-state index contributed by atoms with van der Waals surface area (Å²) in [5.41, 5.74) is -0.851. The summed E-state index contributed by atoms with van der Waals surface area (Å²) in [5, 5.41) is 2.71. The monoisotopic (exact) mass is 380 g/mol. The summed E-state index contributed by atoms with van der Waals surface area (Å²) in [5.74, 6) is -0.205. The lowest BCUT2D eigenvalue weighted by molar-refractivity contribution is -0.139. The quantitative estimate of drug-likeness (QED) is 0.753. The standard InChI is InChI=1S/C20H23F3N2O2/c1-4-17(27-14-8-6-5-7-9-14)19(26)25-18(13(2)3)15-12-24-11-10-16(15)20(21,22)23/h5-13,17-18H,4H2,1-3H3,(H,25,26). The molecule has 146 valence electrons. The van der Waals surface area contributed by atoms with Gasteiger partial charge in [-0.3, -0.25) is 9.78 Å². The van der Waals surface area contributed by atoms with E-state index in [2.05, 4.69) is 10.3 Å². The van der Waals surface area contributed by atoms with Gasteiger partial charge in [-0.1, -0.05) is 39.0 Å². The fraction of sp³-hybridized carbons (Fsp3) is 0.400. The summed E-state index contributed by atoms with van der Waals surface area (Å²) in [6.07, 6.45) is -2.70. The van der Waals surface area contributed by atoms with Crippen LogP contribution in [0.15, 0.2) is 48.8 Å². The van der Waals surface area contributed by atoms with E-state index in [1.54, 1.807) is 45.0 Å². The molecular formula is C20H23F3N2O2. The minimum atomic E-state index is -4.53. The van der Waals surface area contributed by atoms with Crippen molar-refractivity contribution in [2.45, 2.75) is 45.5 Å². The van der Waals surface area contributed by atoms with Crippen molar-refractivity contribution in [1.29, 1.82) is 0 Å². The molecule has 1 amide bonds. The fourth-order valence-corrected chi connectivity index (χ4v) is 2.75. The molecule has 0 fully saturated rings. The van der Waals surface area contributed by atoms with Crippen molar-refractivity contribution in [3.05, 3.63) is 59.9 Å². The van der Waals surface area contributed by atoms with E-state index in [0.29, 0.717) is 12.2 Å². The number of hydrogen-bond acceptors (Lipinski definition) is 3. The lowest BCUT2D eigenvalue weighted by Crippen LogP contribution is -2.42. The van der Waals surface area contributed by atoms with Gasteiger partial charge in [0.1, 0.15) is 5.75 Å². The maximum Gasteiger partial charge on any atom is 0.416 e. The van der Waals surface area contributed by atoms with Crippen LogP contribution in [-0.2, 0) is 11.0 Å². The van der Waals surface area contributed by atoms with E-state index >= 15 is 0 Å². The molecule has 1 aromatic heterocycles. The Kier molecular flexibility index (Phi) is 6.82. The van der Waals surface area contributed by atoms with Crippen molar-refractivity contribution in [3.8, 4) is 5.75 Å². The van der Waals surface area contributed by atoms with Crippen LogP contribution in [0.5, 0.6) is 5.75 Å². The zero-order valence-electron chi connectivity index (χ0n) is 15.5. The van der Waals surface area contributed by atoms with Gasteiger partial charge < -0.3 is 10.1 Å². The second-order valence-electron chi connectivity index (χ2n) is 6.52. The van der Waals surface area contributed by atoms with E-state index in [-0.39, 0.29) is 11.5 Å². The number of halogens is 3. The molecule has 2 unspecified atom stereocenters. The SMILES string of the molecule is CCC(Oc1ccccc1)C(=O)NC(c1cnccc1C(F)(F)F)C(C)C. The number of carbonyl (C=O) groups excluding carboxylic acids is 1. The summed E-state index contributed by atoms with van der Waals surface area (Å²) in [4.78, 5) is 16.5. The van der Waals surface area contributed by atoms with Crippen LogP contribution >= 0.6 is 0 Å². The first kappa shape index (κ1) is 20.7. The molecular weight excluding hydrogens is 357 g/mol. The lowest BCUT2D eigenvalue weighted by atomic mass is 9.93. The fourth-order valence-electron chi connectivity index (χ4n) is 2.75. The molecule has 27 heavy (non-hydrogen) atoms. The van der Waals surface area contributed by atoms with Crippen LogP contribution < -0.4 is 10.1 Å². The van der Waals surface area contributed by atoms with E-state index in [1.807, 2.05) is 6.07 Å². The number of hydrogen-bond donors (Lipinski definition) is 1. The van der Waals surface area contributed by atoms with Gasteiger partial charge in [0, 0.05) is 18.0 Å². The summed E-state index contributed by atoms with van der Waals surface area (Å²) in [7, 11) is 0. The molecule has 0 aliphatic heterocycles. The van der Waals surface area contributed by atoms with Crippen LogP contribution in [-0.4, -0.2) is 17.0 Å². The van der Waals surface area contributed by atoms with Crippen molar-refractivity contribution in [2.75, 3.05) is 0 Å². The van der Waals surface area contributed by atoms with Crippen LogP contribution in [0.4, 0.5) is 13.2 Å². The highest BCUT2D eigenvalue weighted by Crippen LogP contribution is 2.36. The van der Waals surface area contributed by atoms with Crippen molar-refractivity contribution in [3.63, 3.8) is 0 Å². The predicted molar refractivity (Wildman–Crippen MR) is 96.1 cm³/mol. The van der Waals surface area contributed by atoms with Gasteiger partial charge in [-0.05, 0) is 30.5 Å². The molecule has 1 N–H and O–H groups in total. The Labute approximate surface area is 156 Å². The minimum absolute atomic E-state index is 0.0529. The first-order chi connectivity index (χ1) is 12.7. The number of nitrogens with zero attached hydrogens (tertiary/aromatic N) is 1. The first-order valence-corrected chi connectivity index (χ1v) is 8.77. The third kappa shape index (κ3) is 5.45. The average Bonchev–Trinajstić information content (AvgIpc) is 2.64. The molecule has 0 saturated heterocycles. The molecule has 0 bridgehead atoms. The molecule has 2 aromatic rings. The number of benzene rings is 1. The Morgan fingerprint density at radius 1 is 1.19 bits per heavy atom. The number of alkyl halides is 3. The van der Waals surface area contributed by atoms with Crippen molar-refractivity contribution < 1.29 is 22.7 Å². The molecule has 2 atom stereocenters. The Hall–Kier alpha value is -2.57. The number of pyridine rings is 1. The summed E-state index contributed by atoms with van der Waals surface area (Å²) in [6.45, 7) is 5.27. The zero-order chi connectivity index (χ0) is 20.0. The van der Waals surface area contributed by atoms with E-state index in [1.165, 1.54) is 0 Å². The van der Waals surface area contributed by atoms with Gasteiger partial charge >= 0.3 is 6.18 Å². The second-order valence-corrected chi connectivity index (χ2v) is 6.52. The van der Waals surface area contributed by atoms with Gasteiger partial charge in [-0.2, -0.15) is 13.2 Å². The van der Waals surface area contributed by atoms with Gasteiger partial charge in [0.25, 0.3) is 5.91 Å². The molecule has 0 saturated carbocycles. The number of amides is 1. The minimum Gasteiger partial charge on any atom is -0.481 e. The molecule has 0 spiro atoms. The molecule has 0 aliphatic carbocycles. The number of carbonyl (C=O) groups is 1. The smallest absolute Gasteiger partial charge is 0.416 e. The number of nitrogens with one attached hydrogen (secondary N) is 1. The zero-order valence-corrected chi connectivity index (χ0v) is 15.5. The summed E-state index contributed by atoms with van der Waals surface area (Å²) < 4.78 is 45.8. The highest BCUT2D eigenvalue weighted by molar-refractivity contribution is 5.81. The predicted octanol–water partition coefficient (Wildman–Crippen LogP) is 4.77. The number of para-hydroxylation sites is 1. The van der Waals surface area contributed by atoms with Crippen LogP contribution in [0.3, 0.4) is 0 Å². The van der Waals surface area contributed by atoms with Crippen LogP contribution in [0.1, 0.15) is 44.4 Å². The van der Waals surface area contributed by atoms with Gasteiger partial charge in [0.2, 0.25) is 0 Å². The Balaban J connectivity index is 2.24. The highest BCUT2D eigenvalue weighted by Gasteiger charge is 2.37. The Bertz CT molecular complexity index is 748. The van der Waals surface area contributed by atoms with E-state index in [9.17, 15) is 18.0 Å². The molecule has 0 radical (unpaired) electrons. The molecule has 1 aromatic carbocycles. The third-order valence-electron chi connectivity index (χ3n) is 4.14. The topological polar surface area (TPSA) is 51.2 Å². The molecule has 4 nitrogen and oxygen atoms in total. The number of rotatable bonds is 7. The maximum atomic E-state index is 13.4. The highest BCUT2D eigenvalue weighted by atomic mass is 19.4. The Morgan fingerprint density at radius 2 is 1.85 bits per heavy atom. The van der Waals surface area contributed by atoms with E-state index in [0.717, 1.165) is 18.5 Å². The Morgan fingerprint density at radius 3 is 2.41 bits per heavy atom. The number of aromatic nitrogens is 1.